The monoisotopic (exact) mass is 183 g/mol. The van der Waals surface area contributed by atoms with E-state index in [2.05, 4.69) is 4.85 Å². The van der Waals surface area contributed by atoms with Gasteiger partial charge in [-0.05, 0) is 20.8 Å². The maximum absolute atomic E-state index is 11.4. The van der Waals surface area contributed by atoms with Gasteiger partial charge in [-0.25, -0.2) is 11.4 Å². The minimum atomic E-state index is -0.667. The summed E-state index contributed by atoms with van der Waals surface area (Å²) in [6, 6.07) is -0.667. The van der Waals surface area contributed by atoms with Gasteiger partial charge in [0.2, 0.25) is 0 Å². The molecule has 3 nitrogen and oxygen atoms in total. The Morgan fingerprint density at radius 1 is 1.38 bits per heavy atom. The largest absolute Gasteiger partial charge is 0.454 e. The molecule has 0 aromatic carbocycles. The van der Waals surface area contributed by atoms with Crippen LogP contribution in [0.5, 0.6) is 0 Å². The van der Waals surface area contributed by atoms with Crippen LogP contribution in [0.25, 0.3) is 4.85 Å². The third-order valence-corrected chi connectivity index (χ3v) is 1.42. The number of ether oxygens (including phenoxy) is 1. The first-order chi connectivity index (χ1) is 5.78. The number of carbonyl (C=O) groups is 1. The molecule has 3 heteroatoms. The van der Waals surface area contributed by atoms with Gasteiger partial charge in [-0.2, -0.15) is 0 Å². The SMILES string of the molecule is [C-]#[N+][C@H](C(=O)OC(C)(C)C)C(C)C. The zero-order chi connectivity index (χ0) is 10.6. The summed E-state index contributed by atoms with van der Waals surface area (Å²) < 4.78 is 5.10. The molecule has 0 unspecified atom stereocenters. The second-order valence-corrected chi connectivity index (χ2v) is 4.35. The van der Waals surface area contributed by atoms with E-state index in [0.717, 1.165) is 0 Å². The summed E-state index contributed by atoms with van der Waals surface area (Å²) in [6.07, 6.45) is 0. The van der Waals surface area contributed by atoms with Gasteiger partial charge in [0, 0.05) is 5.92 Å². The number of hydrogen-bond acceptors (Lipinski definition) is 2. The lowest BCUT2D eigenvalue weighted by atomic mass is 10.1. The van der Waals surface area contributed by atoms with Crippen molar-refractivity contribution in [2.75, 3.05) is 0 Å². The standard InChI is InChI=1S/C10H17NO2/c1-7(2)8(11-6)9(12)13-10(3,4)5/h7-8H,1-5H3/t8-/m0/s1. The highest BCUT2D eigenvalue weighted by atomic mass is 16.6. The molecule has 0 heterocycles. The van der Waals surface area contributed by atoms with Gasteiger partial charge >= 0.3 is 12.0 Å². The molecule has 1 atom stereocenters. The molecule has 0 aromatic heterocycles. The van der Waals surface area contributed by atoms with Crippen LogP contribution in [0.1, 0.15) is 34.6 Å². The van der Waals surface area contributed by atoms with Gasteiger partial charge in [-0.3, -0.25) is 0 Å². The molecule has 13 heavy (non-hydrogen) atoms. The maximum Gasteiger partial charge on any atom is 0.391 e. The van der Waals surface area contributed by atoms with Crippen molar-refractivity contribution in [2.24, 2.45) is 5.92 Å². The average molecular weight is 183 g/mol. The molecule has 0 radical (unpaired) electrons. The second-order valence-electron chi connectivity index (χ2n) is 4.35. The van der Waals surface area contributed by atoms with E-state index in [-0.39, 0.29) is 5.92 Å². The number of carbonyl (C=O) groups excluding carboxylic acids is 1. The molecule has 0 aliphatic heterocycles. The van der Waals surface area contributed by atoms with Crippen molar-refractivity contribution in [3.63, 3.8) is 0 Å². The van der Waals surface area contributed by atoms with Gasteiger partial charge in [-0.1, -0.05) is 13.8 Å². The zero-order valence-electron chi connectivity index (χ0n) is 8.92. The minimum absolute atomic E-state index is 0.00681. The van der Waals surface area contributed by atoms with Crippen LogP contribution in [0, 0.1) is 12.5 Å². The van der Waals surface area contributed by atoms with Crippen molar-refractivity contribution < 1.29 is 9.53 Å². The fourth-order valence-corrected chi connectivity index (χ4v) is 0.836. The fraction of sp³-hybridized carbons (Fsp3) is 0.800. The van der Waals surface area contributed by atoms with Gasteiger partial charge in [-0.15, -0.1) is 0 Å². The van der Waals surface area contributed by atoms with Crippen molar-refractivity contribution in [2.45, 2.75) is 46.3 Å². The Morgan fingerprint density at radius 2 is 1.85 bits per heavy atom. The highest BCUT2D eigenvalue weighted by molar-refractivity contribution is 5.78. The van der Waals surface area contributed by atoms with Crippen LogP contribution in [0.15, 0.2) is 0 Å². The molecular weight excluding hydrogens is 166 g/mol. The molecule has 0 saturated carbocycles. The molecule has 0 aliphatic rings. The molecule has 0 amide bonds. The van der Waals surface area contributed by atoms with Crippen molar-refractivity contribution in [1.82, 2.24) is 0 Å². The van der Waals surface area contributed by atoms with Crippen LogP contribution >= 0.6 is 0 Å². The average Bonchev–Trinajstić information content (AvgIpc) is 1.82. The lowest BCUT2D eigenvalue weighted by Gasteiger charge is -2.20. The summed E-state index contributed by atoms with van der Waals surface area (Å²) in [5.74, 6) is -0.412. The molecule has 0 N–H and O–H groups in total. The van der Waals surface area contributed by atoms with Gasteiger partial charge in [0.15, 0.2) is 0 Å². The maximum atomic E-state index is 11.4. The van der Waals surface area contributed by atoms with Gasteiger partial charge < -0.3 is 9.58 Å². The second kappa shape index (κ2) is 4.27. The van der Waals surface area contributed by atoms with Crippen molar-refractivity contribution in [3.8, 4) is 0 Å². The summed E-state index contributed by atoms with van der Waals surface area (Å²) >= 11 is 0. The third kappa shape index (κ3) is 4.51. The Bertz CT molecular complexity index is 220. The number of rotatable bonds is 2. The number of esters is 1. The molecule has 0 aromatic rings. The molecule has 0 rings (SSSR count). The summed E-state index contributed by atoms with van der Waals surface area (Å²) in [7, 11) is 0. The third-order valence-electron chi connectivity index (χ3n) is 1.42. The van der Waals surface area contributed by atoms with E-state index in [9.17, 15) is 4.79 Å². The van der Waals surface area contributed by atoms with Gasteiger partial charge in [0.25, 0.3) is 0 Å². The normalized spacial score (nSPS) is 13.6. The lowest BCUT2D eigenvalue weighted by molar-refractivity contribution is -0.156. The first-order valence-corrected chi connectivity index (χ1v) is 4.37. The molecule has 0 bridgehead atoms. The molecule has 74 valence electrons. The topological polar surface area (TPSA) is 30.7 Å². The summed E-state index contributed by atoms with van der Waals surface area (Å²) in [5.41, 5.74) is -0.505. The van der Waals surface area contributed by atoms with Crippen LogP contribution in [0.3, 0.4) is 0 Å². The Balaban J connectivity index is 4.35. The predicted octanol–water partition coefficient (Wildman–Crippen LogP) is 2.27. The molecule has 0 saturated heterocycles. The number of nitrogens with zero attached hydrogens (tertiary/aromatic N) is 1. The molecular formula is C10H17NO2. The van der Waals surface area contributed by atoms with E-state index in [4.69, 9.17) is 11.3 Å². The lowest BCUT2D eigenvalue weighted by Crippen LogP contribution is -2.32. The van der Waals surface area contributed by atoms with E-state index in [0.29, 0.717) is 0 Å². The Kier molecular flexibility index (Phi) is 3.93. The van der Waals surface area contributed by atoms with Crippen molar-refractivity contribution in [3.05, 3.63) is 11.4 Å². The van der Waals surface area contributed by atoms with Crippen LogP contribution in [0.2, 0.25) is 0 Å². The minimum Gasteiger partial charge on any atom is -0.454 e. The van der Waals surface area contributed by atoms with E-state index < -0.39 is 17.6 Å². The first kappa shape index (κ1) is 12.0. The van der Waals surface area contributed by atoms with E-state index in [1.165, 1.54) is 0 Å². The Hall–Kier alpha value is -1.04. The van der Waals surface area contributed by atoms with Gasteiger partial charge in [0.1, 0.15) is 5.60 Å². The Morgan fingerprint density at radius 3 is 2.08 bits per heavy atom. The van der Waals surface area contributed by atoms with Crippen molar-refractivity contribution >= 4 is 5.97 Å². The van der Waals surface area contributed by atoms with Crippen LogP contribution < -0.4 is 0 Å². The molecule has 0 spiro atoms. The number of hydrogen-bond donors (Lipinski definition) is 0. The van der Waals surface area contributed by atoms with Crippen LogP contribution in [0.4, 0.5) is 0 Å². The van der Waals surface area contributed by atoms with Crippen LogP contribution in [-0.2, 0) is 9.53 Å². The summed E-state index contributed by atoms with van der Waals surface area (Å²) in [5, 5.41) is 0. The predicted molar refractivity (Wildman–Crippen MR) is 51.1 cm³/mol. The quantitative estimate of drug-likeness (QED) is 0.485. The van der Waals surface area contributed by atoms with Crippen LogP contribution in [-0.4, -0.2) is 17.6 Å². The van der Waals surface area contributed by atoms with Crippen molar-refractivity contribution in [1.29, 1.82) is 0 Å². The molecule has 0 aliphatic carbocycles. The van der Waals surface area contributed by atoms with E-state index in [1.54, 1.807) is 20.8 Å². The molecule has 0 fully saturated rings. The highest BCUT2D eigenvalue weighted by Gasteiger charge is 2.32. The summed E-state index contributed by atoms with van der Waals surface area (Å²) in [4.78, 5) is 14.6. The first-order valence-electron chi connectivity index (χ1n) is 4.37. The highest BCUT2D eigenvalue weighted by Crippen LogP contribution is 2.14. The Labute approximate surface area is 79.9 Å². The zero-order valence-corrected chi connectivity index (χ0v) is 8.92. The van der Waals surface area contributed by atoms with Gasteiger partial charge in [0.05, 0.1) is 0 Å². The smallest absolute Gasteiger partial charge is 0.391 e. The van der Waals surface area contributed by atoms with E-state index >= 15 is 0 Å². The van der Waals surface area contributed by atoms with E-state index in [1.807, 2.05) is 13.8 Å². The summed E-state index contributed by atoms with van der Waals surface area (Å²) in [6.45, 7) is 15.9. The fourth-order valence-electron chi connectivity index (χ4n) is 0.836.